The monoisotopic (exact) mass is 526 g/mol. The number of amides is 4. The molecule has 1 aliphatic heterocycles. The third-order valence-electron chi connectivity index (χ3n) is 5.53. The number of nitrogens with zero attached hydrogens (tertiary/aromatic N) is 1. The molecule has 3 rings (SSSR count). The third kappa shape index (κ3) is 4.79. The van der Waals surface area contributed by atoms with Crippen molar-refractivity contribution < 1.29 is 23.9 Å². The maximum absolute atomic E-state index is 13.1. The highest BCUT2D eigenvalue weighted by molar-refractivity contribution is 14.1. The van der Waals surface area contributed by atoms with E-state index >= 15 is 0 Å². The normalized spacial score (nSPS) is 20.3. The third-order valence-corrected chi connectivity index (χ3v) is 6.33. The summed E-state index contributed by atoms with van der Waals surface area (Å²) >= 11 is 2.15. The smallest absolute Gasteiger partial charge is 0.331 e. The number of barbiturate groups is 1. The molecule has 1 heterocycles. The van der Waals surface area contributed by atoms with Crippen molar-refractivity contribution in [2.45, 2.75) is 64.5 Å². The molecule has 1 saturated carbocycles. The summed E-state index contributed by atoms with van der Waals surface area (Å²) in [5, 5.41) is 2.32. The van der Waals surface area contributed by atoms with Gasteiger partial charge in [0, 0.05) is 6.04 Å². The molecule has 1 aromatic rings. The van der Waals surface area contributed by atoms with Gasteiger partial charge in [0.1, 0.15) is 5.57 Å². The molecule has 1 atom stereocenters. The van der Waals surface area contributed by atoms with Crippen LogP contribution in [0, 0.1) is 3.57 Å². The Bertz CT molecular complexity index is 877. The molecule has 0 radical (unpaired) electrons. The Hall–Kier alpha value is -2.10. The van der Waals surface area contributed by atoms with Crippen molar-refractivity contribution in [1.82, 2.24) is 10.2 Å². The van der Waals surface area contributed by atoms with E-state index in [-0.39, 0.29) is 17.7 Å². The zero-order valence-electron chi connectivity index (χ0n) is 17.5. The highest BCUT2D eigenvalue weighted by Crippen LogP contribution is 2.36. The van der Waals surface area contributed by atoms with Gasteiger partial charge < -0.3 is 9.47 Å². The molecule has 2 aliphatic rings. The van der Waals surface area contributed by atoms with Crippen LogP contribution in [0.25, 0.3) is 6.08 Å². The number of rotatable bonds is 6. The summed E-state index contributed by atoms with van der Waals surface area (Å²) in [6.45, 7) is 4.02. The van der Waals surface area contributed by atoms with Gasteiger partial charge in [-0.05, 0) is 72.5 Å². The second-order valence-electron chi connectivity index (χ2n) is 7.66. The lowest BCUT2D eigenvalue weighted by molar-refractivity contribution is -0.132. The van der Waals surface area contributed by atoms with Crippen LogP contribution in [0.5, 0.6) is 11.5 Å². The number of carbonyl (C=O) groups is 3. The molecule has 7 nitrogen and oxygen atoms in total. The summed E-state index contributed by atoms with van der Waals surface area (Å²) in [6.07, 6.45) is 6.98. The van der Waals surface area contributed by atoms with E-state index < -0.39 is 17.8 Å². The van der Waals surface area contributed by atoms with Gasteiger partial charge in [0.05, 0.1) is 16.8 Å². The number of imide groups is 2. The Kier molecular flexibility index (Phi) is 7.38. The van der Waals surface area contributed by atoms with Gasteiger partial charge in [-0.25, -0.2) is 4.79 Å². The summed E-state index contributed by atoms with van der Waals surface area (Å²) in [7, 11) is 1.55. The summed E-state index contributed by atoms with van der Waals surface area (Å²) < 4.78 is 12.2. The van der Waals surface area contributed by atoms with Crippen LogP contribution >= 0.6 is 22.6 Å². The van der Waals surface area contributed by atoms with Crippen LogP contribution in [0.2, 0.25) is 0 Å². The number of nitrogens with one attached hydrogen (secondary N) is 1. The predicted molar refractivity (Wildman–Crippen MR) is 121 cm³/mol. The Morgan fingerprint density at radius 3 is 2.57 bits per heavy atom. The van der Waals surface area contributed by atoms with E-state index in [2.05, 4.69) is 27.9 Å². The number of methoxy groups -OCH3 is 1. The zero-order valence-corrected chi connectivity index (χ0v) is 19.7. The number of urea groups is 1. The lowest BCUT2D eigenvalue weighted by atomic mass is 9.93. The molecule has 1 N–H and O–H groups in total. The largest absolute Gasteiger partial charge is 0.493 e. The van der Waals surface area contributed by atoms with Gasteiger partial charge in [-0.3, -0.25) is 19.8 Å². The second kappa shape index (κ2) is 9.80. The van der Waals surface area contributed by atoms with E-state index in [1.54, 1.807) is 13.2 Å². The van der Waals surface area contributed by atoms with Crippen molar-refractivity contribution in [3.05, 3.63) is 26.8 Å². The summed E-state index contributed by atoms with van der Waals surface area (Å²) in [5.41, 5.74) is 0.581. The van der Waals surface area contributed by atoms with Crippen molar-refractivity contribution in [1.29, 1.82) is 0 Å². The number of carbonyl (C=O) groups excluding carboxylic acids is 3. The van der Waals surface area contributed by atoms with Gasteiger partial charge >= 0.3 is 6.03 Å². The molecule has 0 unspecified atom stereocenters. The first-order valence-electron chi connectivity index (χ1n) is 10.3. The average molecular weight is 526 g/mol. The van der Waals surface area contributed by atoms with E-state index in [4.69, 9.17) is 9.47 Å². The molecule has 4 amide bonds. The van der Waals surface area contributed by atoms with Crippen molar-refractivity contribution in [3.8, 4) is 11.5 Å². The highest BCUT2D eigenvalue weighted by atomic mass is 127. The van der Waals surface area contributed by atoms with Crippen molar-refractivity contribution in [3.63, 3.8) is 0 Å². The molecule has 1 aliphatic carbocycles. The second-order valence-corrected chi connectivity index (χ2v) is 8.82. The molecule has 162 valence electrons. The van der Waals surface area contributed by atoms with Crippen LogP contribution in [0.4, 0.5) is 4.79 Å². The SMILES string of the molecule is CC[C@H](C)Oc1c(I)cc(/C=C2/C(=O)NC(=O)N(C3CCCCC3)C2=O)cc1OC. The van der Waals surface area contributed by atoms with Crippen LogP contribution in [0.1, 0.15) is 57.9 Å². The fourth-order valence-electron chi connectivity index (χ4n) is 3.73. The van der Waals surface area contributed by atoms with E-state index in [0.717, 1.165) is 42.1 Å². The molecular weight excluding hydrogens is 499 g/mol. The molecule has 8 heteroatoms. The summed E-state index contributed by atoms with van der Waals surface area (Å²) in [6, 6.07) is 2.77. The lowest BCUT2D eigenvalue weighted by Crippen LogP contribution is -2.58. The van der Waals surface area contributed by atoms with Gasteiger partial charge in [-0.1, -0.05) is 26.2 Å². The van der Waals surface area contributed by atoms with Crippen LogP contribution in [-0.4, -0.2) is 42.0 Å². The Morgan fingerprint density at radius 1 is 1.23 bits per heavy atom. The summed E-state index contributed by atoms with van der Waals surface area (Å²) in [5.74, 6) is -0.0542. The fraction of sp³-hybridized carbons (Fsp3) is 0.500. The van der Waals surface area contributed by atoms with Gasteiger partial charge in [0.25, 0.3) is 11.8 Å². The van der Waals surface area contributed by atoms with Gasteiger partial charge in [0.15, 0.2) is 11.5 Å². The molecule has 0 bridgehead atoms. The first-order chi connectivity index (χ1) is 14.3. The number of halogens is 1. The van der Waals surface area contributed by atoms with E-state index in [1.807, 2.05) is 19.9 Å². The minimum Gasteiger partial charge on any atom is -0.493 e. The molecular formula is C22H27IN2O5. The number of ether oxygens (including phenoxy) is 2. The van der Waals surface area contributed by atoms with Crippen molar-refractivity contribution in [2.75, 3.05) is 7.11 Å². The van der Waals surface area contributed by atoms with Gasteiger partial charge in [0.2, 0.25) is 0 Å². The minimum atomic E-state index is -0.675. The molecule has 1 aromatic carbocycles. The Labute approximate surface area is 190 Å². The molecule has 1 saturated heterocycles. The standard InChI is InChI=1S/C22H27IN2O5/c1-4-13(2)30-19-17(23)11-14(12-18(19)29-3)10-16-20(26)24-22(28)25(21(16)27)15-8-6-5-7-9-15/h10-13,15H,4-9H2,1-3H3,(H,24,26,28)/b16-10-/t13-/m0/s1. The van der Waals surface area contributed by atoms with Gasteiger partial charge in [-0.2, -0.15) is 0 Å². The van der Waals surface area contributed by atoms with E-state index in [1.165, 1.54) is 11.0 Å². The van der Waals surface area contributed by atoms with Crippen molar-refractivity contribution in [2.24, 2.45) is 0 Å². The quantitative estimate of drug-likeness (QED) is 0.340. The highest BCUT2D eigenvalue weighted by Gasteiger charge is 2.40. The maximum Gasteiger partial charge on any atom is 0.331 e. The van der Waals surface area contributed by atoms with Gasteiger partial charge in [-0.15, -0.1) is 0 Å². The average Bonchev–Trinajstić information content (AvgIpc) is 2.73. The summed E-state index contributed by atoms with van der Waals surface area (Å²) in [4.78, 5) is 39.1. The first kappa shape index (κ1) is 22.6. The van der Waals surface area contributed by atoms with Crippen LogP contribution in [-0.2, 0) is 9.59 Å². The predicted octanol–water partition coefficient (Wildman–Crippen LogP) is 4.27. The van der Waals surface area contributed by atoms with E-state index in [0.29, 0.717) is 17.1 Å². The number of hydrogen-bond acceptors (Lipinski definition) is 5. The maximum atomic E-state index is 13.1. The molecule has 0 aromatic heterocycles. The molecule has 0 spiro atoms. The van der Waals surface area contributed by atoms with Crippen LogP contribution in [0.3, 0.4) is 0 Å². The first-order valence-corrected chi connectivity index (χ1v) is 11.4. The topological polar surface area (TPSA) is 84.9 Å². The number of hydrogen-bond donors (Lipinski definition) is 1. The van der Waals surface area contributed by atoms with Crippen molar-refractivity contribution >= 4 is 46.5 Å². The molecule has 30 heavy (non-hydrogen) atoms. The van der Waals surface area contributed by atoms with Crippen LogP contribution < -0.4 is 14.8 Å². The fourth-order valence-corrected chi connectivity index (χ4v) is 4.48. The zero-order chi connectivity index (χ0) is 21.8. The van der Waals surface area contributed by atoms with E-state index in [9.17, 15) is 14.4 Å². The Balaban J connectivity index is 1.94. The van der Waals surface area contributed by atoms with Crippen LogP contribution in [0.15, 0.2) is 17.7 Å². The molecule has 2 fully saturated rings. The number of benzene rings is 1. The minimum absolute atomic E-state index is 0.0254. The Morgan fingerprint density at radius 2 is 1.93 bits per heavy atom. The lowest BCUT2D eigenvalue weighted by Gasteiger charge is -2.35.